The molecule has 31 heavy (non-hydrogen) atoms. The molecule has 2 aromatic carbocycles. The van der Waals surface area contributed by atoms with Crippen LogP contribution in [0.25, 0.3) is 22.0 Å². The molecule has 162 valence electrons. The van der Waals surface area contributed by atoms with Crippen molar-refractivity contribution in [3.8, 4) is 11.1 Å². The van der Waals surface area contributed by atoms with Crippen molar-refractivity contribution in [2.45, 2.75) is 32.7 Å². The molecule has 3 aromatic rings. The molecule has 1 N–H and O–H groups in total. The maximum atomic E-state index is 13.0. The number of amides is 1. The summed E-state index contributed by atoms with van der Waals surface area (Å²) in [6.45, 7) is 10.3. The Morgan fingerprint density at radius 3 is 2.48 bits per heavy atom. The minimum atomic E-state index is -0.113. The molecule has 1 aliphatic rings. The fraction of sp³-hybridized carbons (Fsp3) is 0.385. The Morgan fingerprint density at radius 1 is 1.06 bits per heavy atom. The Balaban J connectivity index is 1.59. The monoisotopic (exact) mass is 417 g/mol. The number of para-hydroxylation sites is 1. The molecule has 1 amide bonds. The molecule has 0 unspecified atom stereocenters. The first kappa shape index (κ1) is 21.5. The Hall–Kier alpha value is -2.76. The zero-order valence-electron chi connectivity index (χ0n) is 18.6. The SMILES string of the molecule is Cc1nc2ccccc2c(-c2ccccc2)c1CC(=O)NCC(C)(C)N1CCOCC1. The van der Waals surface area contributed by atoms with Gasteiger partial charge in [-0.05, 0) is 43.5 Å². The van der Waals surface area contributed by atoms with Gasteiger partial charge in [0.25, 0.3) is 0 Å². The minimum Gasteiger partial charge on any atom is -0.379 e. The Kier molecular flexibility index (Phi) is 6.35. The smallest absolute Gasteiger partial charge is 0.224 e. The molecular weight excluding hydrogens is 386 g/mol. The molecule has 0 saturated carbocycles. The lowest BCUT2D eigenvalue weighted by atomic mass is 9.92. The van der Waals surface area contributed by atoms with E-state index >= 15 is 0 Å². The highest BCUT2D eigenvalue weighted by molar-refractivity contribution is 5.98. The Morgan fingerprint density at radius 2 is 1.74 bits per heavy atom. The third-order valence-electron chi connectivity index (χ3n) is 6.19. The Labute approximate surface area is 184 Å². The Bertz CT molecular complexity index is 1060. The van der Waals surface area contributed by atoms with Crippen molar-refractivity contribution in [1.82, 2.24) is 15.2 Å². The summed E-state index contributed by atoms with van der Waals surface area (Å²) < 4.78 is 5.47. The van der Waals surface area contributed by atoms with Gasteiger partial charge in [-0.3, -0.25) is 14.7 Å². The quantitative estimate of drug-likeness (QED) is 0.659. The third-order valence-corrected chi connectivity index (χ3v) is 6.19. The normalized spacial score (nSPS) is 15.2. The van der Waals surface area contributed by atoms with Crippen LogP contribution in [0.1, 0.15) is 25.1 Å². The number of aromatic nitrogens is 1. The first-order chi connectivity index (χ1) is 15.0. The minimum absolute atomic E-state index is 0.0266. The van der Waals surface area contributed by atoms with Crippen LogP contribution in [-0.4, -0.2) is 54.2 Å². The number of nitrogens with zero attached hydrogens (tertiary/aromatic N) is 2. The molecule has 5 heteroatoms. The van der Waals surface area contributed by atoms with Crippen LogP contribution in [0, 0.1) is 6.92 Å². The second-order valence-corrected chi connectivity index (χ2v) is 8.80. The van der Waals surface area contributed by atoms with Gasteiger partial charge in [0.1, 0.15) is 0 Å². The molecule has 0 atom stereocenters. The van der Waals surface area contributed by atoms with E-state index in [1.54, 1.807) is 0 Å². The van der Waals surface area contributed by atoms with E-state index in [0.717, 1.165) is 59.6 Å². The van der Waals surface area contributed by atoms with Gasteiger partial charge in [0.15, 0.2) is 0 Å². The number of fused-ring (bicyclic) bond motifs is 1. The highest BCUT2D eigenvalue weighted by atomic mass is 16.5. The number of nitrogens with one attached hydrogen (secondary N) is 1. The summed E-state index contributed by atoms with van der Waals surface area (Å²) in [4.78, 5) is 20.2. The van der Waals surface area contributed by atoms with Crippen LogP contribution >= 0.6 is 0 Å². The van der Waals surface area contributed by atoms with E-state index in [9.17, 15) is 4.79 Å². The van der Waals surface area contributed by atoms with Gasteiger partial charge >= 0.3 is 0 Å². The number of benzene rings is 2. The summed E-state index contributed by atoms with van der Waals surface area (Å²) in [6.07, 6.45) is 0.313. The van der Waals surface area contributed by atoms with Crippen LogP contribution in [0.2, 0.25) is 0 Å². The van der Waals surface area contributed by atoms with E-state index in [-0.39, 0.29) is 11.4 Å². The van der Waals surface area contributed by atoms with Crippen LogP contribution in [-0.2, 0) is 16.0 Å². The molecule has 0 bridgehead atoms. The van der Waals surface area contributed by atoms with Gasteiger partial charge in [-0.1, -0.05) is 48.5 Å². The van der Waals surface area contributed by atoms with Crippen LogP contribution in [0.5, 0.6) is 0 Å². The fourth-order valence-corrected chi connectivity index (χ4v) is 4.34. The number of aryl methyl sites for hydroxylation is 1. The highest BCUT2D eigenvalue weighted by Crippen LogP contribution is 2.33. The summed E-state index contributed by atoms with van der Waals surface area (Å²) in [5, 5.41) is 4.25. The predicted molar refractivity (Wildman–Crippen MR) is 125 cm³/mol. The molecule has 4 rings (SSSR count). The zero-order valence-corrected chi connectivity index (χ0v) is 18.6. The van der Waals surface area contributed by atoms with Crippen LogP contribution in [0.4, 0.5) is 0 Å². The summed E-state index contributed by atoms with van der Waals surface area (Å²) >= 11 is 0. The molecule has 2 heterocycles. The summed E-state index contributed by atoms with van der Waals surface area (Å²) in [5.41, 5.74) is 4.95. The van der Waals surface area contributed by atoms with Crippen molar-refractivity contribution in [2.24, 2.45) is 0 Å². The number of rotatable bonds is 6. The molecule has 5 nitrogen and oxygen atoms in total. The van der Waals surface area contributed by atoms with Gasteiger partial charge in [-0.25, -0.2) is 0 Å². The second-order valence-electron chi connectivity index (χ2n) is 8.80. The van der Waals surface area contributed by atoms with Crippen molar-refractivity contribution < 1.29 is 9.53 Å². The van der Waals surface area contributed by atoms with Gasteiger partial charge < -0.3 is 10.1 Å². The van der Waals surface area contributed by atoms with Crippen molar-refractivity contribution in [3.05, 3.63) is 65.9 Å². The first-order valence-corrected chi connectivity index (χ1v) is 11.0. The lowest BCUT2D eigenvalue weighted by Crippen LogP contribution is -2.55. The van der Waals surface area contributed by atoms with Crippen molar-refractivity contribution in [3.63, 3.8) is 0 Å². The summed E-state index contributed by atoms with van der Waals surface area (Å²) in [7, 11) is 0. The van der Waals surface area contributed by atoms with E-state index in [2.05, 4.69) is 42.3 Å². The summed E-state index contributed by atoms with van der Waals surface area (Å²) in [6, 6.07) is 18.4. The lowest BCUT2D eigenvalue weighted by molar-refractivity contribution is -0.121. The van der Waals surface area contributed by atoms with E-state index < -0.39 is 0 Å². The number of hydrogen-bond donors (Lipinski definition) is 1. The van der Waals surface area contributed by atoms with Gasteiger partial charge in [-0.15, -0.1) is 0 Å². The number of carbonyl (C=O) groups is 1. The number of morpholine rings is 1. The van der Waals surface area contributed by atoms with E-state index in [4.69, 9.17) is 9.72 Å². The molecule has 0 aliphatic carbocycles. The summed E-state index contributed by atoms with van der Waals surface area (Å²) in [5.74, 6) is 0.0266. The van der Waals surface area contributed by atoms with Crippen molar-refractivity contribution >= 4 is 16.8 Å². The predicted octanol–water partition coefficient (Wildman–Crippen LogP) is 3.98. The molecule has 1 aliphatic heterocycles. The van der Waals surface area contributed by atoms with Crippen molar-refractivity contribution in [2.75, 3.05) is 32.8 Å². The largest absolute Gasteiger partial charge is 0.379 e. The highest BCUT2D eigenvalue weighted by Gasteiger charge is 2.28. The van der Waals surface area contributed by atoms with Gasteiger partial charge in [0, 0.05) is 36.3 Å². The topological polar surface area (TPSA) is 54.5 Å². The van der Waals surface area contributed by atoms with Crippen molar-refractivity contribution in [1.29, 1.82) is 0 Å². The molecule has 1 saturated heterocycles. The third kappa shape index (κ3) is 4.78. The average Bonchev–Trinajstić information content (AvgIpc) is 2.79. The van der Waals surface area contributed by atoms with E-state index in [1.807, 2.05) is 43.3 Å². The van der Waals surface area contributed by atoms with Gasteiger partial charge in [0.05, 0.1) is 25.2 Å². The number of carbonyl (C=O) groups excluding carboxylic acids is 1. The van der Waals surface area contributed by atoms with E-state index in [0.29, 0.717) is 13.0 Å². The van der Waals surface area contributed by atoms with Gasteiger partial charge in [0.2, 0.25) is 5.91 Å². The maximum absolute atomic E-state index is 13.0. The number of ether oxygens (including phenoxy) is 1. The fourth-order valence-electron chi connectivity index (χ4n) is 4.34. The van der Waals surface area contributed by atoms with Crippen LogP contribution < -0.4 is 5.32 Å². The molecule has 0 spiro atoms. The number of pyridine rings is 1. The molecular formula is C26H31N3O2. The molecule has 1 fully saturated rings. The standard InChI is InChI=1S/C26H31N3O2/c1-19-22(17-24(30)27-18-26(2,3)29-13-15-31-16-14-29)25(20-9-5-4-6-10-20)21-11-7-8-12-23(21)28-19/h4-12H,13-18H2,1-3H3,(H,27,30). The van der Waals surface area contributed by atoms with Crippen LogP contribution in [0.15, 0.2) is 54.6 Å². The average molecular weight is 418 g/mol. The van der Waals surface area contributed by atoms with Crippen LogP contribution in [0.3, 0.4) is 0 Å². The second kappa shape index (κ2) is 9.16. The molecule has 0 radical (unpaired) electrons. The number of hydrogen-bond acceptors (Lipinski definition) is 4. The van der Waals surface area contributed by atoms with Gasteiger partial charge in [-0.2, -0.15) is 0 Å². The van der Waals surface area contributed by atoms with E-state index in [1.165, 1.54) is 0 Å². The maximum Gasteiger partial charge on any atom is 0.224 e. The zero-order chi connectivity index (χ0) is 21.8. The first-order valence-electron chi connectivity index (χ1n) is 11.0. The lowest BCUT2D eigenvalue weighted by Gasteiger charge is -2.40. The molecule has 1 aromatic heterocycles.